The highest BCUT2D eigenvalue weighted by molar-refractivity contribution is 5.69. The molecule has 0 saturated carbocycles. The largest absolute Gasteiger partial charge is 0.507 e. The molecular formula is C16H24O3. The average Bonchev–Trinajstić information content (AvgIpc) is 2.33. The van der Waals surface area contributed by atoms with Gasteiger partial charge in [-0.2, -0.15) is 0 Å². The standard InChI is InChI=1S/C16H24O3/c1-11-9-12(2)15(18)13(10-11)16(3,4)8-6-7-14(17)19-5/h9-10,18H,6-8H2,1-5H3. The summed E-state index contributed by atoms with van der Waals surface area (Å²) in [7, 11) is 1.41. The summed E-state index contributed by atoms with van der Waals surface area (Å²) in [5.41, 5.74) is 2.84. The highest BCUT2D eigenvalue weighted by atomic mass is 16.5. The van der Waals surface area contributed by atoms with Gasteiger partial charge in [-0.1, -0.05) is 31.5 Å². The Balaban J connectivity index is 2.85. The quantitative estimate of drug-likeness (QED) is 0.826. The van der Waals surface area contributed by atoms with E-state index in [1.54, 1.807) is 0 Å². The van der Waals surface area contributed by atoms with Crippen LogP contribution in [0.3, 0.4) is 0 Å². The van der Waals surface area contributed by atoms with E-state index in [1.807, 2.05) is 26.0 Å². The summed E-state index contributed by atoms with van der Waals surface area (Å²) in [4.78, 5) is 11.1. The molecule has 3 heteroatoms. The van der Waals surface area contributed by atoms with Gasteiger partial charge in [0.25, 0.3) is 0 Å². The highest BCUT2D eigenvalue weighted by Gasteiger charge is 2.25. The van der Waals surface area contributed by atoms with Gasteiger partial charge in [-0.15, -0.1) is 0 Å². The molecule has 0 aliphatic carbocycles. The summed E-state index contributed by atoms with van der Waals surface area (Å²) in [6, 6.07) is 4.00. The number of ether oxygens (including phenoxy) is 1. The van der Waals surface area contributed by atoms with Crippen molar-refractivity contribution in [3.05, 3.63) is 28.8 Å². The van der Waals surface area contributed by atoms with Gasteiger partial charge in [0, 0.05) is 12.0 Å². The molecule has 0 radical (unpaired) electrons. The first-order chi connectivity index (χ1) is 8.77. The normalized spacial score (nSPS) is 11.4. The SMILES string of the molecule is COC(=O)CCCC(C)(C)c1cc(C)cc(C)c1O. The lowest BCUT2D eigenvalue weighted by molar-refractivity contribution is -0.140. The van der Waals surface area contributed by atoms with Gasteiger partial charge in [-0.3, -0.25) is 4.79 Å². The number of hydrogen-bond acceptors (Lipinski definition) is 3. The number of methoxy groups -OCH3 is 1. The number of carbonyl (C=O) groups is 1. The average molecular weight is 264 g/mol. The molecule has 1 N–H and O–H groups in total. The molecule has 0 aliphatic heterocycles. The Labute approximate surface area is 115 Å². The predicted molar refractivity (Wildman–Crippen MR) is 76.5 cm³/mol. The Hall–Kier alpha value is -1.51. The van der Waals surface area contributed by atoms with E-state index in [9.17, 15) is 9.90 Å². The van der Waals surface area contributed by atoms with Crippen molar-refractivity contribution in [1.82, 2.24) is 0 Å². The van der Waals surface area contributed by atoms with Crippen molar-refractivity contribution in [2.75, 3.05) is 7.11 Å². The molecule has 1 aromatic carbocycles. The molecule has 0 fully saturated rings. The number of benzene rings is 1. The summed E-state index contributed by atoms with van der Waals surface area (Å²) >= 11 is 0. The van der Waals surface area contributed by atoms with Crippen LogP contribution in [-0.2, 0) is 14.9 Å². The van der Waals surface area contributed by atoms with Crippen molar-refractivity contribution in [2.45, 2.75) is 52.4 Å². The molecular weight excluding hydrogens is 240 g/mol. The number of carbonyl (C=O) groups excluding carboxylic acids is 1. The molecule has 0 heterocycles. The van der Waals surface area contributed by atoms with E-state index in [2.05, 4.69) is 18.6 Å². The number of aryl methyl sites for hydroxylation is 2. The van der Waals surface area contributed by atoms with Gasteiger partial charge in [0.1, 0.15) is 5.75 Å². The molecule has 0 saturated heterocycles. The third kappa shape index (κ3) is 3.98. The smallest absolute Gasteiger partial charge is 0.305 e. The van der Waals surface area contributed by atoms with Crippen LogP contribution in [0.15, 0.2) is 12.1 Å². The lowest BCUT2D eigenvalue weighted by atomic mass is 9.78. The number of esters is 1. The monoisotopic (exact) mass is 264 g/mol. The number of rotatable bonds is 5. The zero-order valence-corrected chi connectivity index (χ0v) is 12.5. The van der Waals surface area contributed by atoms with E-state index in [-0.39, 0.29) is 11.4 Å². The molecule has 3 nitrogen and oxygen atoms in total. The topological polar surface area (TPSA) is 46.5 Å². The second kappa shape index (κ2) is 6.09. The lowest BCUT2D eigenvalue weighted by Crippen LogP contribution is -2.18. The molecule has 0 atom stereocenters. The maximum atomic E-state index is 11.1. The number of phenolic OH excluding ortho intramolecular Hbond substituents is 1. The summed E-state index contributed by atoms with van der Waals surface area (Å²) in [5.74, 6) is 0.189. The Bertz CT molecular complexity index is 461. The van der Waals surface area contributed by atoms with Crippen molar-refractivity contribution < 1.29 is 14.6 Å². The van der Waals surface area contributed by atoms with Crippen molar-refractivity contribution in [1.29, 1.82) is 0 Å². The minimum absolute atomic E-state index is 0.158. The van der Waals surface area contributed by atoms with E-state index in [0.717, 1.165) is 29.5 Å². The Morgan fingerprint density at radius 3 is 2.53 bits per heavy atom. The van der Waals surface area contributed by atoms with Gasteiger partial charge in [0.05, 0.1) is 7.11 Å². The van der Waals surface area contributed by atoms with Gasteiger partial charge < -0.3 is 9.84 Å². The molecule has 19 heavy (non-hydrogen) atoms. The molecule has 0 unspecified atom stereocenters. The van der Waals surface area contributed by atoms with Gasteiger partial charge in [0.15, 0.2) is 0 Å². The molecule has 0 spiro atoms. The maximum Gasteiger partial charge on any atom is 0.305 e. The highest BCUT2D eigenvalue weighted by Crippen LogP contribution is 2.37. The molecule has 106 valence electrons. The van der Waals surface area contributed by atoms with Crippen LogP contribution in [0.5, 0.6) is 5.75 Å². The lowest BCUT2D eigenvalue weighted by Gasteiger charge is -2.27. The van der Waals surface area contributed by atoms with Crippen LogP contribution >= 0.6 is 0 Å². The zero-order valence-electron chi connectivity index (χ0n) is 12.5. The Kier molecular flexibility index (Phi) is 4.98. The number of phenols is 1. The third-order valence-electron chi connectivity index (χ3n) is 3.58. The molecule has 0 bridgehead atoms. The third-order valence-corrected chi connectivity index (χ3v) is 3.58. The maximum absolute atomic E-state index is 11.1. The van der Waals surface area contributed by atoms with Crippen LogP contribution in [0, 0.1) is 13.8 Å². The van der Waals surface area contributed by atoms with Crippen LogP contribution in [0.2, 0.25) is 0 Å². The van der Waals surface area contributed by atoms with E-state index < -0.39 is 0 Å². The Morgan fingerprint density at radius 1 is 1.32 bits per heavy atom. The zero-order chi connectivity index (χ0) is 14.6. The van der Waals surface area contributed by atoms with E-state index in [1.165, 1.54) is 7.11 Å². The first-order valence-electron chi connectivity index (χ1n) is 6.65. The van der Waals surface area contributed by atoms with E-state index >= 15 is 0 Å². The van der Waals surface area contributed by atoms with Crippen LogP contribution < -0.4 is 0 Å². The molecule has 1 rings (SSSR count). The van der Waals surface area contributed by atoms with Crippen LogP contribution in [0.4, 0.5) is 0 Å². The number of hydrogen-bond donors (Lipinski definition) is 1. The molecule has 0 aromatic heterocycles. The molecule has 1 aromatic rings. The van der Waals surface area contributed by atoms with Crippen LogP contribution in [0.25, 0.3) is 0 Å². The fraction of sp³-hybridized carbons (Fsp3) is 0.562. The van der Waals surface area contributed by atoms with Gasteiger partial charge in [-0.25, -0.2) is 0 Å². The number of aromatic hydroxyl groups is 1. The van der Waals surface area contributed by atoms with Crippen LogP contribution in [-0.4, -0.2) is 18.2 Å². The summed E-state index contributed by atoms with van der Waals surface area (Å²) in [6.45, 7) is 8.13. The van der Waals surface area contributed by atoms with Crippen LogP contribution in [0.1, 0.15) is 49.8 Å². The Morgan fingerprint density at radius 2 is 1.95 bits per heavy atom. The van der Waals surface area contributed by atoms with Crippen molar-refractivity contribution >= 4 is 5.97 Å². The fourth-order valence-corrected chi connectivity index (χ4v) is 2.39. The molecule has 0 amide bonds. The van der Waals surface area contributed by atoms with E-state index in [0.29, 0.717) is 12.2 Å². The summed E-state index contributed by atoms with van der Waals surface area (Å²) in [5, 5.41) is 10.2. The van der Waals surface area contributed by atoms with Gasteiger partial charge in [0.2, 0.25) is 0 Å². The molecule has 0 aliphatic rings. The van der Waals surface area contributed by atoms with Gasteiger partial charge >= 0.3 is 5.97 Å². The summed E-state index contributed by atoms with van der Waals surface area (Å²) in [6.07, 6.45) is 2.01. The second-order valence-corrected chi connectivity index (χ2v) is 5.79. The van der Waals surface area contributed by atoms with Crippen molar-refractivity contribution in [2.24, 2.45) is 0 Å². The first-order valence-corrected chi connectivity index (χ1v) is 6.65. The van der Waals surface area contributed by atoms with Crippen molar-refractivity contribution in [3.8, 4) is 5.75 Å². The van der Waals surface area contributed by atoms with E-state index in [4.69, 9.17) is 0 Å². The van der Waals surface area contributed by atoms with Crippen molar-refractivity contribution in [3.63, 3.8) is 0 Å². The predicted octanol–water partition coefficient (Wildman–Crippen LogP) is 3.63. The minimum Gasteiger partial charge on any atom is -0.507 e. The van der Waals surface area contributed by atoms with Gasteiger partial charge in [-0.05, 0) is 37.7 Å². The fourth-order valence-electron chi connectivity index (χ4n) is 2.39. The second-order valence-electron chi connectivity index (χ2n) is 5.79. The first kappa shape index (κ1) is 15.5. The minimum atomic E-state index is -0.180. The summed E-state index contributed by atoms with van der Waals surface area (Å²) < 4.78 is 4.64.